The van der Waals surface area contributed by atoms with E-state index in [0.29, 0.717) is 15.8 Å². The molecule has 33 heavy (non-hydrogen) atoms. The first-order valence-electron chi connectivity index (χ1n) is 10.3. The molecule has 0 spiro atoms. The maximum atomic E-state index is 12.3. The number of amides is 2. The fraction of sp³-hybridized carbons (Fsp3) is 0.160. The van der Waals surface area contributed by atoms with Crippen molar-refractivity contribution in [2.75, 3.05) is 12.4 Å². The molecular formula is C25H20ClNO5S. The zero-order valence-corrected chi connectivity index (χ0v) is 19.0. The lowest BCUT2D eigenvalue weighted by molar-refractivity contribution is -0.143. The maximum absolute atomic E-state index is 12.3. The molecule has 0 radical (unpaired) electrons. The summed E-state index contributed by atoms with van der Waals surface area (Å²) < 4.78 is 0. The van der Waals surface area contributed by atoms with E-state index in [-0.39, 0.29) is 24.2 Å². The lowest BCUT2D eigenvalue weighted by Crippen LogP contribution is -2.31. The highest BCUT2D eigenvalue weighted by Crippen LogP contribution is 2.28. The maximum Gasteiger partial charge on any atom is 0.307 e. The largest absolute Gasteiger partial charge is 0.481 e. The van der Waals surface area contributed by atoms with Gasteiger partial charge in [-0.2, -0.15) is 0 Å². The molecule has 3 aromatic carbocycles. The molecule has 1 N–H and O–H groups in total. The van der Waals surface area contributed by atoms with Crippen LogP contribution in [0, 0.1) is 5.92 Å². The number of imide groups is 1. The Hall–Kier alpha value is -3.13. The minimum Gasteiger partial charge on any atom is -0.481 e. The molecule has 0 saturated carbocycles. The first-order valence-corrected chi connectivity index (χ1v) is 11.6. The number of carboxylic acids is 1. The smallest absolute Gasteiger partial charge is 0.307 e. The zero-order chi connectivity index (χ0) is 23.4. The fourth-order valence-electron chi connectivity index (χ4n) is 3.43. The van der Waals surface area contributed by atoms with Crippen LogP contribution in [0.3, 0.4) is 0 Å². The van der Waals surface area contributed by atoms with E-state index in [2.05, 4.69) is 0 Å². The van der Waals surface area contributed by atoms with Crippen LogP contribution >= 0.6 is 23.4 Å². The van der Waals surface area contributed by atoms with Crippen LogP contribution in [0.1, 0.15) is 27.1 Å². The number of thioether (sulfide) groups is 1. The Bertz CT molecular complexity index is 1150. The van der Waals surface area contributed by atoms with E-state index in [1.54, 1.807) is 24.3 Å². The van der Waals surface area contributed by atoms with Gasteiger partial charge in [-0.25, -0.2) is 0 Å². The van der Waals surface area contributed by atoms with Crippen molar-refractivity contribution >= 4 is 41.1 Å². The minimum absolute atomic E-state index is 0.0570. The second kappa shape index (κ2) is 10.2. The van der Waals surface area contributed by atoms with Gasteiger partial charge in [0.15, 0.2) is 0 Å². The van der Waals surface area contributed by atoms with Gasteiger partial charge in [-0.3, -0.25) is 19.2 Å². The average molecular weight is 482 g/mol. The lowest BCUT2D eigenvalue weighted by atomic mass is 10.1. The van der Waals surface area contributed by atoms with Crippen LogP contribution in [-0.2, 0) is 9.63 Å². The number of carbonyl (C=O) groups excluding carboxylic acids is 2. The molecular weight excluding hydrogens is 462 g/mol. The van der Waals surface area contributed by atoms with Crippen LogP contribution in [0.25, 0.3) is 11.1 Å². The third kappa shape index (κ3) is 5.27. The molecule has 1 aliphatic heterocycles. The number of benzene rings is 3. The Labute approximate surface area is 200 Å². The Morgan fingerprint density at radius 2 is 1.45 bits per heavy atom. The van der Waals surface area contributed by atoms with Gasteiger partial charge < -0.3 is 5.11 Å². The molecule has 0 aliphatic carbocycles. The van der Waals surface area contributed by atoms with E-state index in [9.17, 15) is 19.5 Å². The second-order valence-corrected chi connectivity index (χ2v) is 8.98. The van der Waals surface area contributed by atoms with Crippen molar-refractivity contribution in [2.45, 2.75) is 11.3 Å². The number of hydroxylamine groups is 2. The molecule has 168 valence electrons. The third-order valence-electron chi connectivity index (χ3n) is 5.28. The molecule has 0 saturated heterocycles. The number of fused-ring (bicyclic) bond motifs is 1. The van der Waals surface area contributed by atoms with Crippen LogP contribution in [0.5, 0.6) is 0 Å². The van der Waals surface area contributed by atoms with Gasteiger partial charge in [0.2, 0.25) is 0 Å². The quantitative estimate of drug-likeness (QED) is 0.324. The summed E-state index contributed by atoms with van der Waals surface area (Å²) in [6, 6.07) is 21.9. The van der Waals surface area contributed by atoms with E-state index in [1.165, 1.54) is 11.8 Å². The van der Waals surface area contributed by atoms with Crippen molar-refractivity contribution < 1.29 is 24.3 Å². The molecule has 6 nitrogen and oxygen atoms in total. The van der Waals surface area contributed by atoms with E-state index in [4.69, 9.17) is 16.4 Å². The Kier molecular flexibility index (Phi) is 7.13. The second-order valence-electron chi connectivity index (χ2n) is 7.45. The molecule has 0 fully saturated rings. The Morgan fingerprint density at radius 1 is 0.909 bits per heavy atom. The summed E-state index contributed by atoms with van der Waals surface area (Å²) in [6.07, 6.45) is 0.165. The highest BCUT2D eigenvalue weighted by atomic mass is 35.5. The van der Waals surface area contributed by atoms with E-state index in [1.807, 2.05) is 48.5 Å². The number of hydrogen-bond acceptors (Lipinski definition) is 5. The van der Waals surface area contributed by atoms with Crippen molar-refractivity contribution in [1.82, 2.24) is 5.06 Å². The average Bonchev–Trinajstić information content (AvgIpc) is 3.07. The predicted molar refractivity (Wildman–Crippen MR) is 126 cm³/mol. The van der Waals surface area contributed by atoms with Gasteiger partial charge >= 0.3 is 5.97 Å². The van der Waals surface area contributed by atoms with Crippen LogP contribution in [0.2, 0.25) is 5.02 Å². The van der Waals surface area contributed by atoms with Gasteiger partial charge in [0.25, 0.3) is 11.8 Å². The van der Waals surface area contributed by atoms with Gasteiger partial charge in [0.1, 0.15) is 0 Å². The van der Waals surface area contributed by atoms with Gasteiger partial charge in [-0.05, 0) is 53.9 Å². The molecule has 1 aliphatic rings. The van der Waals surface area contributed by atoms with Crippen molar-refractivity contribution in [1.29, 1.82) is 0 Å². The van der Waals surface area contributed by atoms with E-state index < -0.39 is 23.7 Å². The summed E-state index contributed by atoms with van der Waals surface area (Å²) in [7, 11) is 0. The van der Waals surface area contributed by atoms with Crippen LogP contribution in [0.4, 0.5) is 0 Å². The summed E-state index contributed by atoms with van der Waals surface area (Å²) in [6.45, 7) is -0.0570. The highest BCUT2D eigenvalue weighted by molar-refractivity contribution is 7.99. The molecule has 4 rings (SSSR count). The number of rotatable bonds is 9. The summed E-state index contributed by atoms with van der Waals surface area (Å²) in [5.41, 5.74) is 2.66. The summed E-state index contributed by atoms with van der Waals surface area (Å²) in [5, 5.41) is 11.0. The number of carbonyl (C=O) groups is 3. The van der Waals surface area contributed by atoms with Gasteiger partial charge in [0, 0.05) is 15.7 Å². The van der Waals surface area contributed by atoms with E-state index in [0.717, 1.165) is 16.0 Å². The molecule has 0 bridgehead atoms. The number of aliphatic carboxylic acids is 1. The summed E-state index contributed by atoms with van der Waals surface area (Å²) in [4.78, 5) is 42.7. The van der Waals surface area contributed by atoms with Crippen LogP contribution in [-0.4, -0.2) is 40.3 Å². The first kappa shape index (κ1) is 23.0. The number of halogens is 1. The van der Waals surface area contributed by atoms with Crippen molar-refractivity contribution in [3.63, 3.8) is 0 Å². The molecule has 1 unspecified atom stereocenters. The van der Waals surface area contributed by atoms with Crippen LogP contribution in [0.15, 0.2) is 77.7 Å². The molecule has 2 amide bonds. The van der Waals surface area contributed by atoms with Gasteiger partial charge in [-0.15, -0.1) is 16.8 Å². The molecule has 1 heterocycles. The molecule has 1 atom stereocenters. The third-order valence-corrected chi connectivity index (χ3v) is 6.70. The number of carboxylic acid groups (broad SMARTS) is 1. The van der Waals surface area contributed by atoms with Gasteiger partial charge in [-0.1, -0.05) is 48.0 Å². The summed E-state index contributed by atoms with van der Waals surface area (Å²) >= 11 is 7.36. The van der Waals surface area contributed by atoms with Crippen molar-refractivity contribution in [3.8, 4) is 11.1 Å². The van der Waals surface area contributed by atoms with Crippen molar-refractivity contribution in [3.05, 3.63) is 88.9 Å². The number of nitrogens with zero attached hydrogens (tertiary/aromatic N) is 1. The molecule has 8 heteroatoms. The van der Waals surface area contributed by atoms with Crippen LogP contribution < -0.4 is 0 Å². The standard InChI is InChI=1S/C25H20ClNO5S/c26-19-9-5-16(6-10-19)17-7-11-20(12-8-17)33-15-18(25(30)31)13-14-32-27-23(28)21-3-1-2-4-22(21)24(27)29/h1-12,18H,13-15H2,(H,30,31). The monoisotopic (exact) mass is 481 g/mol. The minimum atomic E-state index is -0.953. The lowest BCUT2D eigenvalue weighted by Gasteiger charge is -2.16. The predicted octanol–water partition coefficient (Wildman–Crippen LogP) is 5.42. The molecule has 3 aromatic rings. The van der Waals surface area contributed by atoms with Gasteiger partial charge in [0.05, 0.1) is 23.7 Å². The highest BCUT2D eigenvalue weighted by Gasteiger charge is 2.36. The zero-order valence-electron chi connectivity index (χ0n) is 17.4. The molecule has 0 aromatic heterocycles. The van der Waals surface area contributed by atoms with Crippen molar-refractivity contribution in [2.24, 2.45) is 5.92 Å². The SMILES string of the molecule is O=C(O)C(CCON1C(=O)c2ccccc2C1=O)CSc1ccc(-c2ccc(Cl)cc2)cc1. The first-order chi connectivity index (χ1) is 15.9. The number of hydrogen-bond donors (Lipinski definition) is 1. The normalized spacial score (nSPS) is 13.8. The summed E-state index contributed by atoms with van der Waals surface area (Å²) in [5.74, 6) is -2.37. The van der Waals surface area contributed by atoms with E-state index >= 15 is 0 Å². The topological polar surface area (TPSA) is 83.9 Å². The Balaban J connectivity index is 1.30. The Morgan fingerprint density at radius 3 is 2.00 bits per heavy atom. The fourth-order valence-corrected chi connectivity index (χ4v) is 4.59.